The first kappa shape index (κ1) is 11.1. The van der Waals surface area contributed by atoms with Crippen molar-refractivity contribution in [3.63, 3.8) is 0 Å². The van der Waals surface area contributed by atoms with Crippen LogP contribution in [-0.2, 0) is 9.53 Å². The van der Waals surface area contributed by atoms with Gasteiger partial charge in [0.25, 0.3) is 0 Å². The van der Waals surface area contributed by atoms with Gasteiger partial charge < -0.3 is 9.84 Å². The summed E-state index contributed by atoms with van der Waals surface area (Å²) >= 11 is 0. The zero-order valence-corrected chi connectivity index (χ0v) is 9.32. The molecule has 0 amide bonds. The normalized spacial score (nSPS) is 36.9. The van der Waals surface area contributed by atoms with E-state index in [2.05, 4.69) is 0 Å². The molecular formula is C12H20O3. The lowest BCUT2D eigenvalue weighted by molar-refractivity contribution is -0.127. The molecule has 2 fully saturated rings. The number of rotatable bonds is 4. The standard InChI is InChI=1S/C12H20O3/c1-8(13)5-6-15-11-7-9-3-2-4-10(11)12(9)14/h8-11,13H,2-7H2,1H3/t8-,9-,10+,11-/m1/s1. The van der Waals surface area contributed by atoms with Crippen molar-refractivity contribution in [2.45, 2.75) is 51.2 Å². The van der Waals surface area contributed by atoms with Gasteiger partial charge in [0.15, 0.2) is 0 Å². The molecule has 2 aliphatic carbocycles. The highest BCUT2D eigenvalue weighted by atomic mass is 16.5. The van der Waals surface area contributed by atoms with Gasteiger partial charge in [-0.05, 0) is 32.6 Å². The van der Waals surface area contributed by atoms with Crippen LogP contribution in [0.2, 0.25) is 0 Å². The van der Waals surface area contributed by atoms with Crippen LogP contribution in [0, 0.1) is 11.8 Å². The van der Waals surface area contributed by atoms with Crippen molar-refractivity contribution < 1.29 is 14.6 Å². The number of fused-ring (bicyclic) bond motifs is 2. The number of ether oxygens (including phenoxy) is 1. The van der Waals surface area contributed by atoms with Gasteiger partial charge in [-0.3, -0.25) is 4.79 Å². The molecule has 15 heavy (non-hydrogen) atoms. The first-order valence-electron chi connectivity index (χ1n) is 6.02. The Morgan fingerprint density at radius 2 is 2.33 bits per heavy atom. The summed E-state index contributed by atoms with van der Waals surface area (Å²) in [5.74, 6) is 0.876. The van der Waals surface area contributed by atoms with Crippen molar-refractivity contribution in [2.75, 3.05) is 6.61 Å². The Kier molecular flexibility index (Phi) is 3.42. The number of hydrogen-bond donors (Lipinski definition) is 1. The summed E-state index contributed by atoms with van der Waals surface area (Å²) in [6.07, 6.45) is 4.67. The first-order valence-corrected chi connectivity index (χ1v) is 6.02. The quantitative estimate of drug-likeness (QED) is 0.768. The van der Waals surface area contributed by atoms with Crippen LogP contribution in [0.1, 0.15) is 39.0 Å². The molecule has 0 radical (unpaired) electrons. The van der Waals surface area contributed by atoms with E-state index in [0.717, 1.165) is 19.3 Å². The van der Waals surface area contributed by atoms with E-state index in [1.165, 1.54) is 6.42 Å². The van der Waals surface area contributed by atoms with Gasteiger partial charge in [-0.15, -0.1) is 0 Å². The number of hydrogen-bond acceptors (Lipinski definition) is 3. The zero-order chi connectivity index (χ0) is 10.8. The van der Waals surface area contributed by atoms with Gasteiger partial charge in [0.2, 0.25) is 0 Å². The summed E-state index contributed by atoms with van der Waals surface area (Å²) in [5.41, 5.74) is 0. The SMILES string of the molecule is C[C@@H](O)CCO[C@@H]1C[C@H]2CCC[C@@H]1C2=O. The molecule has 2 aliphatic rings. The number of carbonyl (C=O) groups is 1. The maximum Gasteiger partial charge on any atom is 0.141 e. The van der Waals surface area contributed by atoms with Gasteiger partial charge in [-0.2, -0.15) is 0 Å². The summed E-state index contributed by atoms with van der Waals surface area (Å²) in [6, 6.07) is 0. The molecule has 0 aromatic heterocycles. The average Bonchev–Trinajstić information content (AvgIpc) is 2.37. The third-order valence-corrected chi connectivity index (χ3v) is 3.67. The Bertz CT molecular complexity index is 237. The highest BCUT2D eigenvalue weighted by Crippen LogP contribution is 2.40. The minimum Gasteiger partial charge on any atom is -0.393 e. The van der Waals surface area contributed by atoms with E-state index >= 15 is 0 Å². The summed E-state index contributed by atoms with van der Waals surface area (Å²) in [4.78, 5) is 11.8. The second-order valence-corrected chi connectivity index (χ2v) is 4.92. The third kappa shape index (κ3) is 2.40. The molecule has 3 nitrogen and oxygen atoms in total. The molecule has 86 valence electrons. The average molecular weight is 212 g/mol. The zero-order valence-electron chi connectivity index (χ0n) is 9.32. The predicted octanol–water partition coefficient (Wildman–Crippen LogP) is 1.53. The Labute approximate surface area is 90.8 Å². The van der Waals surface area contributed by atoms with Crippen LogP contribution in [0.15, 0.2) is 0 Å². The molecule has 0 aliphatic heterocycles. The minimum atomic E-state index is -0.304. The van der Waals surface area contributed by atoms with Crippen LogP contribution < -0.4 is 0 Å². The topological polar surface area (TPSA) is 46.5 Å². The highest BCUT2D eigenvalue weighted by molar-refractivity contribution is 5.87. The fourth-order valence-corrected chi connectivity index (χ4v) is 2.79. The van der Waals surface area contributed by atoms with E-state index in [9.17, 15) is 4.79 Å². The molecule has 2 bridgehead atoms. The van der Waals surface area contributed by atoms with Crippen LogP contribution in [0.25, 0.3) is 0 Å². The smallest absolute Gasteiger partial charge is 0.141 e. The van der Waals surface area contributed by atoms with Crippen molar-refractivity contribution in [2.24, 2.45) is 11.8 Å². The van der Waals surface area contributed by atoms with Gasteiger partial charge >= 0.3 is 0 Å². The van der Waals surface area contributed by atoms with Gasteiger partial charge in [-0.25, -0.2) is 0 Å². The first-order chi connectivity index (χ1) is 7.18. The van der Waals surface area contributed by atoms with E-state index in [-0.39, 0.29) is 24.0 Å². The maximum atomic E-state index is 11.8. The third-order valence-electron chi connectivity index (χ3n) is 3.67. The molecule has 2 saturated carbocycles. The highest BCUT2D eigenvalue weighted by Gasteiger charge is 2.44. The fourth-order valence-electron chi connectivity index (χ4n) is 2.79. The molecule has 0 aromatic carbocycles. The Hall–Kier alpha value is -0.410. The lowest BCUT2D eigenvalue weighted by Crippen LogP contribution is -2.26. The van der Waals surface area contributed by atoms with E-state index in [1.54, 1.807) is 6.92 Å². The molecular weight excluding hydrogens is 192 g/mol. The van der Waals surface area contributed by atoms with Crippen LogP contribution in [-0.4, -0.2) is 29.7 Å². The number of aliphatic hydroxyl groups excluding tert-OH is 1. The van der Waals surface area contributed by atoms with Gasteiger partial charge in [0, 0.05) is 18.4 Å². The molecule has 3 heteroatoms. The van der Waals surface area contributed by atoms with Crippen LogP contribution in [0.5, 0.6) is 0 Å². The van der Waals surface area contributed by atoms with Gasteiger partial charge in [-0.1, -0.05) is 6.42 Å². The Morgan fingerprint density at radius 3 is 3.00 bits per heavy atom. The summed E-state index contributed by atoms with van der Waals surface area (Å²) < 4.78 is 5.72. The summed E-state index contributed by atoms with van der Waals surface area (Å²) in [6.45, 7) is 2.35. The number of aliphatic hydroxyl groups is 1. The maximum absolute atomic E-state index is 11.8. The van der Waals surface area contributed by atoms with Crippen molar-refractivity contribution in [3.8, 4) is 0 Å². The number of carbonyl (C=O) groups excluding carboxylic acids is 1. The molecule has 1 N–H and O–H groups in total. The lowest BCUT2D eigenvalue weighted by Gasteiger charge is -2.20. The van der Waals surface area contributed by atoms with Crippen molar-refractivity contribution in [3.05, 3.63) is 0 Å². The molecule has 4 atom stereocenters. The molecule has 0 saturated heterocycles. The number of Topliss-reactive ketones (excluding diaryl/α,β-unsaturated/α-hetero) is 1. The monoisotopic (exact) mass is 212 g/mol. The van der Waals surface area contributed by atoms with Crippen LogP contribution in [0.3, 0.4) is 0 Å². The van der Waals surface area contributed by atoms with E-state index < -0.39 is 0 Å². The predicted molar refractivity (Wildman–Crippen MR) is 56.5 cm³/mol. The lowest BCUT2D eigenvalue weighted by atomic mass is 9.88. The van der Waals surface area contributed by atoms with Crippen molar-refractivity contribution >= 4 is 5.78 Å². The second kappa shape index (κ2) is 4.62. The molecule has 0 heterocycles. The minimum absolute atomic E-state index is 0.142. The van der Waals surface area contributed by atoms with E-state index in [1.807, 2.05) is 0 Å². The molecule has 0 spiro atoms. The summed E-state index contributed by atoms with van der Waals surface area (Å²) in [7, 11) is 0. The van der Waals surface area contributed by atoms with E-state index in [0.29, 0.717) is 18.8 Å². The summed E-state index contributed by atoms with van der Waals surface area (Å²) in [5, 5.41) is 9.12. The fraction of sp³-hybridized carbons (Fsp3) is 0.917. The Balaban J connectivity index is 1.81. The molecule has 2 rings (SSSR count). The molecule has 0 unspecified atom stereocenters. The van der Waals surface area contributed by atoms with Crippen LogP contribution >= 0.6 is 0 Å². The van der Waals surface area contributed by atoms with E-state index in [4.69, 9.17) is 9.84 Å². The van der Waals surface area contributed by atoms with Crippen molar-refractivity contribution in [1.29, 1.82) is 0 Å². The van der Waals surface area contributed by atoms with Gasteiger partial charge in [0.1, 0.15) is 5.78 Å². The largest absolute Gasteiger partial charge is 0.393 e. The Morgan fingerprint density at radius 1 is 1.53 bits per heavy atom. The number of ketones is 1. The van der Waals surface area contributed by atoms with Gasteiger partial charge in [0.05, 0.1) is 12.2 Å². The van der Waals surface area contributed by atoms with Crippen molar-refractivity contribution in [1.82, 2.24) is 0 Å². The second-order valence-electron chi connectivity index (χ2n) is 4.92. The molecule has 0 aromatic rings. The van der Waals surface area contributed by atoms with Crippen LogP contribution in [0.4, 0.5) is 0 Å².